The van der Waals surface area contributed by atoms with Crippen molar-refractivity contribution in [2.75, 3.05) is 5.32 Å². The fourth-order valence-corrected chi connectivity index (χ4v) is 3.19. The lowest BCUT2D eigenvalue weighted by Gasteiger charge is -2.14. The molecule has 7 heteroatoms. The van der Waals surface area contributed by atoms with E-state index in [1.54, 1.807) is 38.1 Å². The average Bonchev–Trinajstić information content (AvgIpc) is 2.76. The Morgan fingerprint density at radius 1 is 1.26 bits per heavy atom. The van der Waals surface area contributed by atoms with Crippen LogP contribution in [0.15, 0.2) is 24.3 Å². The lowest BCUT2D eigenvalue weighted by atomic mass is 10.1. The quantitative estimate of drug-likeness (QED) is 0.863. The Kier molecular flexibility index (Phi) is 5.28. The minimum absolute atomic E-state index is 0.347. The summed E-state index contributed by atoms with van der Waals surface area (Å²) in [5.74, 6) is -0.386. The number of amides is 2. The standard InChI is InChI=1S/C16H17ClN2O3S/c1-8-10(3)23-16(13(8)14(18)20)19-15(21)9(2)22-12-6-4-11(17)5-7-12/h4-7,9H,1-3H3,(H2,18,20)(H,19,21)/t9-/m1/s1. The number of rotatable bonds is 5. The molecule has 0 aliphatic heterocycles. The van der Waals surface area contributed by atoms with Gasteiger partial charge in [0.25, 0.3) is 11.8 Å². The summed E-state index contributed by atoms with van der Waals surface area (Å²) in [6, 6.07) is 6.72. The molecule has 2 rings (SSSR count). The maximum Gasteiger partial charge on any atom is 0.265 e. The van der Waals surface area contributed by atoms with Crippen LogP contribution in [0, 0.1) is 13.8 Å². The Labute approximate surface area is 143 Å². The molecule has 0 spiro atoms. The van der Waals surface area contributed by atoms with Gasteiger partial charge in [0.1, 0.15) is 10.8 Å². The molecule has 1 aromatic heterocycles. The number of aryl methyl sites for hydroxylation is 1. The van der Waals surface area contributed by atoms with Gasteiger partial charge in [0, 0.05) is 9.90 Å². The first-order valence-corrected chi connectivity index (χ1v) is 8.12. The van der Waals surface area contributed by atoms with Crippen molar-refractivity contribution in [2.45, 2.75) is 26.9 Å². The maximum absolute atomic E-state index is 12.3. The smallest absolute Gasteiger partial charge is 0.265 e. The van der Waals surface area contributed by atoms with Crippen LogP contribution in [0.4, 0.5) is 5.00 Å². The molecule has 0 aliphatic carbocycles. The first-order chi connectivity index (χ1) is 10.8. The van der Waals surface area contributed by atoms with E-state index >= 15 is 0 Å². The van der Waals surface area contributed by atoms with E-state index < -0.39 is 12.0 Å². The summed E-state index contributed by atoms with van der Waals surface area (Å²) in [7, 11) is 0. The molecule has 122 valence electrons. The number of hydrogen-bond acceptors (Lipinski definition) is 4. The highest BCUT2D eigenvalue weighted by Crippen LogP contribution is 2.32. The largest absolute Gasteiger partial charge is 0.481 e. The first kappa shape index (κ1) is 17.3. The van der Waals surface area contributed by atoms with Crippen LogP contribution in [-0.2, 0) is 4.79 Å². The summed E-state index contributed by atoms with van der Waals surface area (Å²) in [5.41, 5.74) is 6.52. The van der Waals surface area contributed by atoms with Crippen LogP contribution in [0.1, 0.15) is 27.7 Å². The van der Waals surface area contributed by atoms with Crippen molar-refractivity contribution in [3.8, 4) is 5.75 Å². The van der Waals surface area contributed by atoms with Gasteiger partial charge in [-0.2, -0.15) is 0 Å². The SMILES string of the molecule is Cc1sc(NC(=O)[C@@H](C)Oc2ccc(Cl)cc2)c(C(N)=O)c1C. The highest BCUT2D eigenvalue weighted by atomic mass is 35.5. The Morgan fingerprint density at radius 3 is 2.43 bits per heavy atom. The third-order valence-corrected chi connectivity index (χ3v) is 4.74. The predicted molar refractivity (Wildman–Crippen MR) is 92.5 cm³/mol. The number of carbonyl (C=O) groups is 2. The number of nitrogens with one attached hydrogen (secondary N) is 1. The minimum Gasteiger partial charge on any atom is -0.481 e. The summed E-state index contributed by atoms with van der Waals surface area (Å²) in [6.45, 7) is 5.30. The predicted octanol–water partition coefficient (Wildman–Crippen LogP) is 3.52. The van der Waals surface area contributed by atoms with E-state index in [1.165, 1.54) is 11.3 Å². The normalized spacial score (nSPS) is 11.8. The molecule has 3 N–H and O–H groups in total. The fraction of sp³-hybridized carbons (Fsp3) is 0.250. The van der Waals surface area contributed by atoms with Gasteiger partial charge in [-0.05, 0) is 50.6 Å². The zero-order chi connectivity index (χ0) is 17.1. The molecule has 0 radical (unpaired) electrons. The lowest BCUT2D eigenvalue weighted by molar-refractivity contribution is -0.122. The van der Waals surface area contributed by atoms with Crippen LogP contribution in [-0.4, -0.2) is 17.9 Å². The molecule has 5 nitrogen and oxygen atoms in total. The molecule has 1 atom stereocenters. The van der Waals surface area contributed by atoms with Gasteiger partial charge in [0.15, 0.2) is 6.10 Å². The molecule has 0 fully saturated rings. The van der Waals surface area contributed by atoms with Gasteiger partial charge in [-0.3, -0.25) is 9.59 Å². The fourth-order valence-electron chi connectivity index (χ4n) is 2.00. The highest BCUT2D eigenvalue weighted by Gasteiger charge is 2.22. The van der Waals surface area contributed by atoms with E-state index in [9.17, 15) is 9.59 Å². The number of primary amides is 1. The van der Waals surface area contributed by atoms with Crippen molar-refractivity contribution in [1.29, 1.82) is 0 Å². The molecule has 0 saturated carbocycles. The van der Waals surface area contributed by atoms with E-state index in [0.717, 1.165) is 10.4 Å². The number of halogens is 1. The summed E-state index contributed by atoms with van der Waals surface area (Å²) >= 11 is 7.12. The second-order valence-electron chi connectivity index (χ2n) is 5.05. The molecule has 1 heterocycles. The number of hydrogen-bond donors (Lipinski definition) is 2. The van der Waals surface area contributed by atoms with Gasteiger partial charge in [-0.1, -0.05) is 11.6 Å². The van der Waals surface area contributed by atoms with E-state index in [4.69, 9.17) is 22.1 Å². The maximum atomic E-state index is 12.3. The van der Waals surface area contributed by atoms with Gasteiger partial charge in [-0.25, -0.2) is 0 Å². The summed E-state index contributed by atoms with van der Waals surface area (Å²) < 4.78 is 5.56. The van der Waals surface area contributed by atoms with Gasteiger partial charge < -0.3 is 15.8 Å². The van der Waals surface area contributed by atoms with Crippen molar-refractivity contribution in [3.63, 3.8) is 0 Å². The molecule has 0 saturated heterocycles. The second kappa shape index (κ2) is 7.02. The van der Waals surface area contributed by atoms with Crippen LogP contribution in [0.25, 0.3) is 0 Å². The monoisotopic (exact) mass is 352 g/mol. The van der Waals surface area contributed by atoms with Crippen LogP contribution in [0.5, 0.6) is 5.75 Å². The van der Waals surface area contributed by atoms with Crippen LogP contribution in [0.3, 0.4) is 0 Å². The molecule has 1 aromatic carbocycles. The zero-order valence-electron chi connectivity index (χ0n) is 13.0. The van der Waals surface area contributed by atoms with Crippen molar-refractivity contribution in [1.82, 2.24) is 0 Å². The molecular weight excluding hydrogens is 336 g/mol. The van der Waals surface area contributed by atoms with Gasteiger partial charge in [0.05, 0.1) is 5.56 Å². The van der Waals surface area contributed by atoms with E-state index in [0.29, 0.717) is 21.3 Å². The van der Waals surface area contributed by atoms with Gasteiger partial charge in [0.2, 0.25) is 0 Å². The minimum atomic E-state index is -0.736. The molecule has 0 aliphatic rings. The summed E-state index contributed by atoms with van der Waals surface area (Å²) in [4.78, 5) is 24.8. The Balaban J connectivity index is 2.11. The molecule has 2 amide bonds. The number of thiophene rings is 1. The molecule has 0 unspecified atom stereocenters. The van der Waals surface area contributed by atoms with Crippen molar-refractivity contribution >= 4 is 39.8 Å². The number of benzene rings is 1. The molecule has 23 heavy (non-hydrogen) atoms. The van der Waals surface area contributed by atoms with Crippen LogP contribution >= 0.6 is 22.9 Å². The Hall–Kier alpha value is -2.05. The van der Waals surface area contributed by atoms with Gasteiger partial charge in [-0.15, -0.1) is 11.3 Å². The van der Waals surface area contributed by atoms with Crippen LogP contribution in [0.2, 0.25) is 5.02 Å². The Morgan fingerprint density at radius 2 is 1.87 bits per heavy atom. The third kappa shape index (κ3) is 4.03. The third-order valence-electron chi connectivity index (χ3n) is 3.36. The van der Waals surface area contributed by atoms with Gasteiger partial charge >= 0.3 is 0 Å². The van der Waals surface area contributed by atoms with Crippen molar-refractivity contribution in [3.05, 3.63) is 45.3 Å². The number of carbonyl (C=O) groups excluding carboxylic acids is 2. The Bertz CT molecular complexity index is 741. The van der Waals surface area contributed by atoms with E-state index in [1.807, 2.05) is 6.92 Å². The van der Waals surface area contributed by atoms with Crippen LogP contribution < -0.4 is 15.8 Å². The van der Waals surface area contributed by atoms with E-state index in [-0.39, 0.29) is 5.91 Å². The summed E-state index contributed by atoms with van der Waals surface area (Å²) in [5, 5.41) is 3.75. The number of anilines is 1. The number of nitrogens with two attached hydrogens (primary N) is 1. The molecular formula is C16H17ClN2O3S. The molecule has 2 aromatic rings. The van der Waals surface area contributed by atoms with Crippen molar-refractivity contribution in [2.24, 2.45) is 5.73 Å². The average molecular weight is 353 g/mol. The highest BCUT2D eigenvalue weighted by molar-refractivity contribution is 7.16. The topological polar surface area (TPSA) is 81.4 Å². The van der Waals surface area contributed by atoms with Crippen molar-refractivity contribution < 1.29 is 14.3 Å². The zero-order valence-corrected chi connectivity index (χ0v) is 14.5. The van der Waals surface area contributed by atoms with E-state index in [2.05, 4.69) is 5.32 Å². The summed E-state index contributed by atoms with van der Waals surface area (Å²) in [6.07, 6.45) is -0.736. The number of ether oxygens (including phenoxy) is 1. The lowest BCUT2D eigenvalue weighted by Crippen LogP contribution is -2.30. The first-order valence-electron chi connectivity index (χ1n) is 6.92. The second-order valence-corrected chi connectivity index (χ2v) is 6.72. The molecule has 0 bridgehead atoms.